The Morgan fingerprint density at radius 1 is 1.55 bits per heavy atom. The topological polar surface area (TPSA) is 12.9 Å². The summed E-state index contributed by atoms with van der Waals surface area (Å²) in [7, 11) is 0. The molecule has 1 aromatic heterocycles. The van der Waals surface area contributed by atoms with E-state index in [1.54, 1.807) is 0 Å². The third-order valence-corrected chi connectivity index (χ3v) is 1.74. The molecule has 1 heterocycles. The Hall–Kier alpha value is -0.810. The van der Waals surface area contributed by atoms with Gasteiger partial charge in [0.25, 0.3) is 0 Å². The molecule has 0 aromatic carbocycles. The van der Waals surface area contributed by atoms with Crippen LogP contribution in [0.25, 0.3) is 0 Å². The Bertz CT molecular complexity index is 275. The number of aromatic nitrogens is 1. The molecule has 0 saturated carbocycles. The van der Waals surface area contributed by atoms with Crippen LogP contribution in [0.3, 0.4) is 0 Å². The van der Waals surface area contributed by atoms with Crippen molar-refractivity contribution in [3.05, 3.63) is 28.5 Å². The zero-order valence-corrected chi connectivity index (χ0v) is 7.63. The van der Waals surface area contributed by atoms with Crippen LogP contribution in [0.4, 0.5) is 0 Å². The summed E-state index contributed by atoms with van der Waals surface area (Å²) in [5.41, 5.74) is 1.04. The molecule has 0 saturated heterocycles. The zero-order valence-electron chi connectivity index (χ0n) is 6.05. The van der Waals surface area contributed by atoms with Crippen LogP contribution < -0.4 is 0 Å². The van der Waals surface area contributed by atoms with Crippen molar-refractivity contribution in [2.45, 2.75) is 12.8 Å². The summed E-state index contributed by atoms with van der Waals surface area (Å²) in [6, 6.07) is 5.84. The molecule has 0 unspecified atom stereocenters. The molecule has 2 heteroatoms. The molecule has 1 rings (SSSR count). The molecule has 0 bridgehead atoms. The van der Waals surface area contributed by atoms with Crippen molar-refractivity contribution in [3.8, 4) is 12.3 Å². The first-order chi connectivity index (χ1) is 5.33. The number of halogens is 1. The number of rotatable bonds is 2. The number of aryl methyl sites for hydroxylation is 1. The van der Waals surface area contributed by atoms with Gasteiger partial charge < -0.3 is 0 Å². The number of pyridine rings is 1. The van der Waals surface area contributed by atoms with Gasteiger partial charge in [0, 0.05) is 18.5 Å². The van der Waals surface area contributed by atoms with Crippen LogP contribution in [0, 0.1) is 12.3 Å². The van der Waals surface area contributed by atoms with Crippen LogP contribution in [0.15, 0.2) is 22.8 Å². The third kappa shape index (κ3) is 2.73. The lowest BCUT2D eigenvalue weighted by molar-refractivity contribution is 0.955. The highest BCUT2D eigenvalue weighted by molar-refractivity contribution is 9.10. The summed E-state index contributed by atoms with van der Waals surface area (Å²) in [6.45, 7) is 0. The molecule has 1 aromatic rings. The standard InChI is InChI=1S/C9H8BrN/c1-2-3-5-8-6-4-7-9(10)11-8/h1,4,6-7H,3,5H2. The van der Waals surface area contributed by atoms with Crippen LogP contribution in [0.1, 0.15) is 12.1 Å². The Balaban J connectivity index is 2.65. The molecule has 0 aliphatic rings. The second-order valence-corrected chi connectivity index (χ2v) is 2.97. The van der Waals surface area contributed by atoms with Crippen molar-refractivity contribution in [3.63, 3.8) is 0 Å². The molecule has 0 fully saturated rings. The highest BCUT2D eigenvalue weighted by Gasteiger charge is 1.92. The predicted octanol–water partition coefficient (Wildman–Crippen LogP) is 2.41. The lowest BCUT2D eigenvalue weighted by Gasteiger charge is -1.95. The van der Waals surface area contributed by atoms with Gasteiger partial charge in [0.15, 0.2) is 0 Å². The number of terminal acetylenes is 1. The maximum absolute atomic E-state index is 5.12. The minimum absolute atomic E-state index is 0.753. The van der Waals surface area contributed by atoms with Gasteiger partial charge in [0.05, 0.1) is 0 Å². The van der Waals surface area contributed by atoms with E-state index in [-0.39, 0.29) is 0 Å². The van der Waals surface area contributed by atoms with Crippen LogP contribution in [0.2, 0.25) is 0 Å². The molecular formula is C9H8BrN. The quantitative estimate of drug-likeness (QED) is 0.539. The molecular weight excluding hydrogens is 202 g/mol. The highest BCUT2D eigenvalue weighted by Crippen LogP contribution is 2.07. The van der Waals surface area contributed by atoms with Crippen molar-refractivity contribution in [1.82, 2.24) is 4.98 Å². The van der Waals surface area contributed by atoms with Gasteiger partial charge in [-0.3, -0.25) is 0 Å². The van der Waals surface area contributed by atoms with Gasteiger partial charge in [0.2, 0.25) is 0 Å². The maximum atomic E-state index is 5.12. The molecule has 0 amide bonds. The van der Waals surface area contributed by atoms with Crippen molar-refractivity contribution in [2.75, 3.05) is 0 Å². The van der Waals surface area contributed by atoms with E-state index < -0.39 is 0 Å². The zero-order chi connectivity index (χ0) is 8.10. The van der Waals surface area contributed by atoms with E-state index in [9.17, 15) is 0 Å². The van der Waals surface area contributed by atoms with E-state index in [1.165, 1.54) is 0 Å². The lowest BCUT2D eigenvalue weighted by atomic mass is 10.2. The van der Waals surface area contributed by atoms with Crippen LogP contribution >= 0.6 is 15.9 Å². The van der Waals surface area contributed by atoms with Crippen molar-refractivity contribution >= 4 is 15.9 Å². The van der Waals surface area contributed by atoms with Gasteiger partial charge in [-0.05, 0) is 28.1 Å². The van der Waals surface area contributed by atoms with Crippen LogP contribution in [0.5, 0.6) is 0 Å². The fourth-order valence-corrected chi connectivity index (χ4v) is 1.17. The second-order valence-electron chi connectivity index (χ2n) is 2.16. The largest absolute Gasteiger partial charge is 0.246 e. The summed E-state index contributed by atoms with van der Waals surface area (Å²) in [4.78, 5) is 4.23. The first-order valence-corrected chi connectivity index (χ1v) is 4.17. The van der Waals surface area contributed by atoms with Crippen molar-refractivity contribution < 1.29 is 0 Å². The average molecular weight is 210 g/mol. The van der Waals surface area contributed by atoms with Crippen molar-refractivity contribution in [1.29, 1.82) is 0 Å². The van der Waals surface area contributed by atoms with Gasteiger partial charge in [0.1, 0.15) is 4.60 Å². The molecule has 0 radical (unpaired) electrons. The third-order valence-electron chi connectivity index (χ3n) is 1.30. The predicted molar refractivity (Wildman–Crippen MR) is 49.1 cm³/mol. The molecule has 0 atom stereocenters. The SMILES string of the molecule is C#CCCc1cccc(Br)n1. The number of nitrogens with zero attached hydrogens (tertiary/aromatic N) is 1. The second kappa shape index (κ2) is 4.15. The van der Waals surface area contributed by atoms with E-state index in [1.807, 2.05) is 18.2 Å². The Morgan fingerprint density at radius 2 is 2.36 bits per heavy atom. The molecule has 11 heavy (non-hydrogen) atoms. The first kappa shape index (κ1) is 8.29. The van der Waals surface area contributed by atoms with Gasteiger partial charge in [-0.25, -0.2) is 4.98 Å². The summed E-state index contributed by atoms with van der Waals surface area (Å²) >= 11 is 3.29. The summed E-state index contributed by atoms with van der Waals surface area (Å²) in [5.74, 6) is 2.58. The van der Waals surface area contributed by atoms with E-state index in [2.05, 4.69) is 26.8 Å². The van der Waals surface area contributed by atoms with E-state index in [0.29, 0.717) is 0 Å². The normalized spacial score (nSPS) is 9.09. The van der Waals surface area contributed by atoms with Crippen LogP contribution in [-0.4, -0.2) is 4.98 Å². The summed E-state index contributed by atoms with van der Waals surface area (Å²) < 4.78 is 0.868. The Kier molecular flexibility index (Phi) is 3.13. The summed E-state index contributed by atoms with van der Waals surface area (Å²) in [5, 5.41) is 0. The number of hydrogen-bond acceptors (Lipinski definition) is 1. The van der Waals surface area contributed by atoms with Gasteiger partial charge in [-0.15, -0.1) is 12.3 Å². The number of hydrogen-bond donors (Lipinski definition) is 0. The molecule has 0 N–H and O–H groups in total. The maximum Gasteiger partial charge on any atom is 0.106 e. The Labute approximate surface area is 75.0 Å². The monoisotopic (exact) mass is 209 g/mol. The summed E-state index contributed by atoms with van der Waals surface area (Å²) in [6.07, 6.45) is 6.74. The first-order valence-electron chi connectivity index (χ1n) is 3.38. The minimum Gasteiger partial charge on any atom is -0.246 e. The fraction of sp³-hybridized carbons (Fsp3) is 0.222. The van der Waals surface area contributed by atoms with Gasteiger partial charge in [-0.2, -0.15) is 0 Å². The molecule has 56 valence electrons. The smallest absolute Gasteiger partial charge is 0.106 e. The fourth-order valence-electron chi connectivity index (χ4n) is 0.790. The van der Waals surface area contributed by atoms with Crippen LogP contribution in [-0.2, 0) is 6.42 Å². The van der Waals surface area contributed by atoms with E-state index >= 15 is 0 Å². The average Bonchev–Trinajstić information content (AvgIpc) is 2.01. The highest BCUT2D eigenvalue weighted by atomic mass is 79.9. The van der Waals surface area contributed by atoms with E-state index in [0.717, 1.165) is 23.1 Å². The molecule has 1 nitrogen and oxygen atoms in total. The lowest BCUT2D eigenvalue weighted by Crippen LogP contribution is -1.88. The molecule has 0 spiro atoms. The minimum atomic E-state index is 0.753. The van der Waals surface area contributed by atoms with Gasteiger partial charge >= 0.3 is 0 Å². The van der Waals surface area contributed by atoms with E-state index in [4.69, 9.17) is 6.42 Å². The molecule has 0 aliphatic carbocycles. The molecule has 0 aliphatic heterocycles. The van der Waals surface area contributed by atoms with Crippen molar-refractivity contribution in [2.24, 2.45) is 0 Å². The Morgan fingerprint density at radius 3 is 3.00 bits per heavy atom. The van der Waals surface area contributed by atoms with Gasteiger partial charge in [-0.1, -0.05) is 6.07 Å².